The van der Waals surface area contributed by atoms with E-state index in [1.54, 1.807) is 11.8 Å². The molecule has 1 aromatic rings. The normalized spacial score (nSPS) is 16.4. The minimum Gasteiger partial charge on any atom is -0.454 e. The summed E-state index contributed by atoms with van der Waals surface area (Å²) in [7, 11) is 0. The van der Waals surface area contributed by atoms with E-state index in [1.165, 1.54) is 0 Å². The van der Waals surface area contributed by atoms with Gasteiger partial charge in [0.05, 0.1) is 6.61 Å². The van der Waals surface area contributed by atoms with E-state index in [4.69, 9.17) is 14.2 Å². The van der Waals surface area contributed by atoms with Gasteiger partial charge in [-0.3, -0.25) is 9.69 Å². The van der Waals surface area contributed by atoms with Crippen LogP contribution in [0.3, 0.4) is 0 Å². The second-order valence-corrected chi connectivity index (χ2v) is 6.24. The number of ether oxygens (including phenoxy) is 3. The van der Waals surface area contributed by atoms with Crippen LogP contribution in [-0.4, -0.2) is 67.9 Å². The molecule has 2 heterocycles. The molecule has 2 aliphatic heterocycles. The summed E-state index contributed by atoms with van der Waals surface area (Å²) in [5.41, 5.74) is 0.977. The highest BCUT2D eigenvalue weighted by Gasteiger charge is 2.22. The number of hydrogen-bond acceptors (Lipinski definition) is 6. The number of carbonyl (C=O) groups excluding carboxylic acids is 2. The third-order valence-electron chi connectivity index (χ3n) is 4.48. The summed E-state index contributed by atoms with van der Waals surface area (Å²) in [5, 5.41) is 2.93. The summed E-state index contributed by atoms with van der Waals surface area (Å²) in [5.74, 6) is 1.47. The zero-order valence-electron chi connectivity index (χ0n) is 15.0. The van der Waals surface area contributed by atoms with Gasteiger partial charge >= 0.3 is 6.09 Å². The van der Waals surface area contributed by atoms with Gasteiger partial charge in [0, 0.05) is 45.7 Å². The average molecular weight is 363 g/mol. The first-order valence-electron chi connectivity index (χ1n) is 8.95. The average Bonchev–Trinajstić information content (AvgIpc) is 3.13. The minimum absolute atomic E-state index is 0.00971. The molecular weight excluding hydrogens is 338 g/mol. The van der Waals surface area contributed by atoms with Gasteiger partial charge in [-0.05, 0) is 24.6 Å². The number of benzene rings is 1. The van der Waals surface area contributed by atoms with E-state index < -0.39 is 0 Å². The van der Waals surface area contributed by atoms with Gasteiger partial charge in [-0.15, -0.1) is 0 Å². The Kier molecular flexibility index (Phi) is 6.17. The molecule has 0 radical (unpaired) electrons. The van der Waals surface area contributed by atoms with Crippen LogP contribution in [0.25, 0.3) is 0 Å². The summed E-state index contributed by atoms with van der Waals surface area (Å²) >= 11 is 0. The van der Waals surface area contributed by atoms with Gasteiger partial charge in [0.1, 0.15) is 0 Å². The van der Waals surface area contributed by atoms with Gasteiger partial charge in [0.25, 0.3) is 0 Å². The molecule has 0 atom stereocenters. The van der Waals surface area contributed by atoms with Crippen molar-refractivity contribution in [1.29, 1.82) is 0 Å². The molecule has 0 aromatic heterocycles. The monoisotopic (exact) mass is 363 g/mol. The lowest BCUT2D eigenvalue weighted by Gasteiger charge is -2.33. The zero-order chi connectivity index (χ0) is 18.4. The van der Waals surface area contributed by atoms with Crippen LogP contribution in [0, 0.1) is 0 Å². The van der Waals surface area contributed by atoms with E-state index >= 15 is 0 Å². The lowest BCUT2D eigenvalue weighted by atomic mass is 10.2. The molecule has 1 aromatic carbocycles. The van der Waals surface area contributed by atoms with Crippen LogP contribution in [0.5, 0.6) is 11.5 Å². The van der Waals surface area contributed by atoms with Crippen molar-refractivity contribution in [3.8, 4) is 11.5 Å². The van der Waals surface area contributed by atoms with E-state index in [9.17, 15) is 9.59 Å². The molecule has 142 valence electrons. The summed E-state index contributed by atoms with van der Waals surface area (Å²) in [6.07, 6.45) is 0.179. The SMILES string of the molecule is CCOC(=O)N1CCN(CCC(=O)NCc2ccc3c(c2)OCO3)CC1. The molecule has 0 spiro atoms. The maximum Gasteiger partial charge on any atom is 0.409 e. The lowest BCUT2D eigenvalue weighted by molar-refractivity contribution is -0.121. The Hall–Kier alpha value is -2.48. The van der Waals surface area contributed by atoms with Crippen LogP contribution in [0.15, 0.2) is 18.2 Å². The maximum atomic E-state index is 12.1. The molecule has 26 heavy (non-hydrogen) atoms. The molecule has 8 nitrogen and oxygen atoms in total. The number of carbonyl (C=O) groups is 2. The molecule has 0 unspecified atom stereocenters. The van der Waals surface area contributed by atoms with E-state index in [-0.39, 0.29) is 18.8 Å². The first-order valence-corrected chi connectivity index (χ1v) is 8.95. The van der Waals surface area contributed by atoms with Gasteiger partial charge < -0.3 is 24.4 Å². The fourth-order valence-corrected chi connectivity index (χ4v) is 2.97. The van der Waals surface area contributed by atoms with Crippen molar-refractivity contribution in [3.05, 3.63) is 23.8 Å². The predicted molar refractivity (Wildman–Crippen MR) is 94.1 cm³/mol. The van der Waals surface area contributed by atoms with Crippen LogP contribution in [0.1, 0.15) is 18.9 Å². The summed E-state index contributed by atoms with van der Waals surface area (Å²) in [6.45, 7) is 6.38. The Morgan fingerprint density at radius 2 is 1.92 bits per heavy atom. The molecule has 0 aliphatic carbocycles. The van der Waals surface area contributed by atoms with E-state index in [0.29, 0.717) is 39.2 Å². The van der Waals surface area contributed by atoms with Crippen molar-refractivity contribution in [2.24, 2.45) is 0 Å². The van der Waals surface area contributed by atoms with Crippen molar-refractivity contribution in [2.45, 2.75) is 19.9 Å². The van der Waals surface area contributed by atoms with Crippen LogP contribution in [0.2, 0.25) is 0 Å². The molecule has 1 saturated heterocycles. The van der Waals surface area contributed by atoms with Crippen molar-refractivity contribution < 1.29 is 23.8 Å². The summed E-state index contributed by atoms with van der Waals surface area (Å²) < 4.78 is 15.6. The predicted octanol–water partition coefficient (Wildman–Crippen LogP) is 1.20. The number of piperazine rings is 1. The lowest BCUT2D eigenvalue weighted by Crippen LogP contribution is -2.49. The van der Waals surface area contributed by atoms with Gasteiger partial charge in [-0.1, -0.05) is 6.07 Å². The molecule has 8 heteroatoms. The topological polar surface area (TPSA) is 80.3 Å². The first-order chi connectivity index (χ1) is 12.7. The number of rotatable bonds is 6. The quantitative estimate of drug-likeness (QED) is 0.818. The second-order valence-electron chi connectivity index (χ2n) is 6.24. The van der Waals surface area contributed by atoms with Crippen LogP contribution < -0.4 is 14.8 Å². The number of nitrogens with zero attached hydrogens (tertiary/aromatic N) is 2. The Labute approximate surface area is 153 Å². The molecule has 3 rings (SSSR count). The van der Waals surface area contributed by atoms with Crippen molar-refractivity contribution in [3.63, 3.8) is 0 Å². The van der Waals surface area contributed by atoms with E-state index in [2.05, 4.69) is 10.2 Å². The second kappa shape index (κ2) is 8.75. The van der Waals surface area contributed by atoms with Crippen LogP contribution >= 0.6 is 0 Å². The zero-order valence-corrected chi connectivity index (χ0v) is 15.0. The largest absolute Gasteiger partial charge is 0.454 e. The standard InChI is InChI=1S/C18H25N3O5/c1-2-24-18(23)21-9-7-20(8-10-21)6-5-17(22)19-12-14-3-4-15-16(11-14)26-13-25-15/h3-4,11H,2,5-10,12-13H2,1H3,(H,19,22). The highest BCUT2D eigenvalue weighted by atomic mass is 16.7. The Balaban J connectivity index is 1.34. The molecule has 0 bridgehead atoms. The molecule has 2 amide bonds. The van der Waals surface area contributed by atoms with E-state index in [1.807, 2.05) is 18.2 Å². The summed E-state index contributed by atoms with van der Waals surface area (Å²) in [4.78, 5) is 27.6. The smallest absolute Gasteiger partial charge is 0.409 e. The Morgan fingerprint density at radius 1 is 1.15 bits per heavy atom. The highest BCUT2D eigenvalue weighted by Crippen LogP contribution is 2.32. The number of amides is 2. The van der Waals surface area contributed by atoms with Gasteiger partial charge in [-0.2, -0.15) is 0 Å². The number of fused-ring (bicyclic) bond motifs is 1. The fraction of sp³-hybridized carbons (Fsp3) is 0.556. The Bertz CT molecular complexity index is 644. The van der Waals surface area contributed by atoms with Crippen molar-refractivity contribution in [2.75, 3.05) is 46.1 Å². The maximum absolute atomic E-state index is 12.1. The highest BCUT2D eigenvalue weighted by molar-refractivity contribution is 5.76. The van der Waals surface area contributed by atoms with Crippen molar-refractivity contribution in [1.82, 2.24) is 15.1 Å². The van der Waals surface area contributed by atoms with Gasteiger partial charge in [-0.25, -0.2) is 4.79 Å². The first kappa shape index (κ1) is 18.3. The summed E-state index contributed by atoms with van der Waals surface area (Å²) in [6, 6.07) is 5.66. The van der Waals surface area contributed by atoms with Crippen LogP contribution in [-0.2, 0) is 16.1 Å². The van der Waals surface area contributed by atoms with E-state index in [0.717, 1.165) is 30.2 Å². The van der Waals surface area contributed by atoms with Crippen molar-refractivity contribution >= 4 is 12.0 Å². The third kappa shape index (κ3) is 4.78. The van der Waals surface area contributed by atoms with Gasteiger partial charge in [0.2, 0.25) is 12.7 Å². The minimum atomic E-state index is -0.256. The number of nitrogens with one attached hydrogen (secondary N) is 1. The fourth-order valence-electron chi connectivity index (χ4n) is 2.97. The molecule has 0 saturated carbocycles. The Morgan fingerprint density at radius 3 is 2.69 bits per heavy atom. The molecule has 1 fully saturated rings. The number of hydrogen-bond donors (Lipinski definition) is 1. The molecule has 2 aliphatic rings. The van der Waals surface area contributed by atoms with Crippen LogP contribution in [0.4, 0.5) is 4.79 Å². The van der Waals surface area contributed by atoms with Gasteiger partial charge in [0.15, 0.2) is 11.5 Å². The molecule has 1 N–H and O–H groups in total. The molecular formula is C18H25N3O5. The third-order valence-corrected chi connectivity index (χ3v) is 4.48.